The maximum Gasteiger partial charge on any atom is 0.352 e. The lowest BCUT2D eigenvalue weighted by Gasteiger charge is -2.61. The molecule has 2 aliphatic heterocycles. The summed E-state index contributed by atoms with van der Waals surface area (Å²) >= 11 is 0. The molecule has 1 fully saturated rings. The second-order valence-corrected chi connectivity index (χ2v) is 9.55. The zero-order valence-electron chi connectivity index (χ0n) is 18.9. The van der Waals surface area contributed by atoms with E-state index < -0.39 is 47.6 Å². The van der Waals surface area contributed by atoms with Crippen LogP contribution in [0.25, 0.3) is 0 Å². The van der Waals surface area contributed by atoms with Gasteiger partial charge in [0.15, 0.2) is 23.7 Å². The van der Waals surface area contributed by atoms with Crippen LogP contribution in [0, 0.1) is 0 Å². The fraction of sp³-hybridized carbons (Fsp3) is 0.542. The van der Waals surface area contributed by atoms with Gasteiger partial charge in [-0.3, -0.25) is 9.59 Å². The number of phenolic OH excluding ortho intramolecular Hbond substituents is 1. The first-order valence-electron chi connectivity index (χ1n) is 11.4. The third-order valence-electron chi connectivity index (χ3n) is 7.75. The number of nitrogens with zero attached hydrogens (tertiary/aromatic N) is 1. The van der Waals surface area contributed by atoms with E-state index in [0.29, 0.717) is 25.1 Å². The van der Waals surface area contributed by atoms with E-state index in [2.05, 4.69) is 4.90 Å². The molecule has 0 saturated carbocycles. The normalized spacial score (nSPS) is 31.6. The van der Waals surface area contributed by atoms with Crippen LogP contribution in [0.4, 0.5) is 0 Å². The number of esters is 2. The van der Waals surface area contributed by atoms with Gasteiger partial charge in [0.1, 0.15) is 5.76 Å². The average Bonchev–Trinajstić information content (AvgIpc) is 3.14. The van der Waals surface area contributed by atoms with E-state index in [-0.39, 0.29) is 30.4 Å². The zero-order chi connectivity index (χ0) is 24.4. The van der Waals surface area contributed by atoms with Crippen LogP contribution in [-0.2, 0) is 35.7 Å². The highest BCUT2D eigenvalue weighted by Gasteiger charge is 2.72. The molecule has 34 heavy (non-hydrogen) atoms. The van der Waals surface area contributed by atoms with E-state index in [4.69, 9.17) is 19.3 Å². The van der Waals surface area contributed by atoms with Gasteiger partial charge in [-0.1, -0.05) is 6.07 Å². The van der Waals surface area contributed by atoms with Crippen LogP contribution in [0.2, 0.25) is 0 Å². The van der Waals surface area contributed by atoms with E-state index in [0.717, 1.165) is 11.1 Å². The number of likely N-dealkylation sites (tertiary alicyclic amines) is 1. The van der Waals surface area contributed by atoms with Crippen LogP contribution in [-0.4, -0.2) is 75.6 Å². The number of aliphatic carboxylic acids is 1. The predicted molar refractivity (Wildman–Crippen MR) is 115 cm³/mol. The lowest BCUT2D eigenvalue weighted by atomic mass is 9.50. The highest BCUT2D eigenvalue weighted by atomic mass is 16.6. The van der Waals surface area contributed by atoms with Crippen LogP contribution < -0.4 is 4.74 Å². The van der Waals surface area contributed by atoms with Crippen molar-refractivity contribution in [3.05, 3.63) is 35.1 Å². The van der Waals surface area contributed by atoms with E-state index in [1.165, 1.54) is 6.92 Å². The summed E-state index contributed by atoms with van der Waals surface area (Å²) in [5.41, 5.74) is -0.303. The van der Waals surface area contributed by atoms with Gasteiger partial charge < -0.3 is 34.4 Å². The average molecular weight is 473 g/mol. The Morgan fingerprint density at radius 3 is 2.79 bits per heavy atom. The fourth-order valence-electron chi connectivity index (χ4n) is 6.15. The van der Waals surface area contributed by atoms with Gasteiger partial charge in [0.2, 0.25) is 0 Å². The summed E-state index contributed by atoms with van der Waals surface area (Å²) in [5.74, 6) is -2.32. The Morgan fingerprint density at radius 1 is 1.29 bits per heavy atom. The number of carboxylic acids is 1. The molecule has 5 atom stereocenters. The number of aromatic hydroxyl groups is 1. The number of piperidine rings is 1. The lowest BCUT2D eigenvalue weighted by molar-refractivity contribution is -0.175. The first-order valence-corrected chi connectivity index (χ1v) is 11.4. The highest BCUT2D eigenvalue weighted by Crippen LogP contribution is 2.65. The van der Waals surface area contributed by atoms with Gasteiger partial charge in [-0.15, -0.1) is 0 Å². The molecule has 3 N–H and O–H groups in total. The minimum Gasteiger partial charge on any atom is -0.504 e. The first-order chi connectivity index (χ1) is 16.1. The third kappa shape index (κ3) is 3.05. The minimum absolute atomic E-state index is 0.0336. The van der Waals surface area contributed by atoms with Gasteiger partial charge in [0, 0.05) is 18.0 Å². The SMILES string of the molecule is C[C@H](OC(=O)CCC(=O)O)C(=O)OC1=CC[C@@]2(O)[C@@H]3Cc4ccc(O)c5c4[C@@]2(CCN3C)[C@H]1O5. The molecule has 182 valence electrons. The van der Waals surface area contributed by atoms with E-state index >= 15 is 0 Å². The van der Waals surface area contributed by atoms with Gasteiger partial charge in [0.25, 0.3) is 0 Å². The molecule has 0 aromatic heterocycles. The predicted octanol–water partition coefficient (Wildman–Crippen LogP) is 1.01. The molecule has 0 unspecified atom stereocenters. The summed E-state index contributed by atoms with van der Waals surface area (Å²) in [6.45, 7) is 2.04. The van der Waals surface area contributed by atoms with Crippen LogP contribution in [0.15, 0.2) is 24.0 Å². The number of carboxylic acid groups (broad SMARTS) is 1. The Labute approximate surface area is 195 Å². The van der Waals surface area contributed by atoms with Crippen molar-refractivity contribution in [1.82, 2.24) is 4.90 Å². The van der Waals surface area contributed by atoms with E-state index in [1.807, 2.05) is 13.1 Å². The van der Waals surface area contributed by atoms with Crippen LogP contribution in [0.3, 0.4) is 0 Å². The van der Waals surface area contributed by atoms with Crippen molar-refractivity contribution in [2.24, 2.45) is 0 Å². The molecule has 5 rings (SSSR count). The zero-order valence-corrected chi connectivity index (χ0v) is 18.9. The van der Waals surface area contributed by atoms with Crippen molar-refractivity contribution in [2.45, 2.75) is 68.3 Å². The largest absolute Gasteiger partial charge is 0.504 e. The Bertz CT molecular complexity index is 1110. The highest BCUT2D eigenvalue weighted by molar-refractivity contribution is 5.81. The standard InChI is InChI=1S/C24H27NO9/c1-12(32-18(29)6-5-17(27)28)22(30)33-15-7-8-24(31)16-11-13-3-4-14(26)20-19(13)23(24,21(15)34-20)9-10-25(16)2/h3-4,7,12,16,21,26,31H,5-6,8-11H2,1-2H3,(H,27,28)/t12-,16-,21-,23-,24+/m0/s1. The Hall–Kier alpha value is -3.11. The molecule has 10 nitrogen and oxygen atoms in total. The smallest absolute Gasteiger partial charge is 0.352 e. The second kappa shape index (κ2) is 7.71. The lowest BCUT2D eigenvalue weighted by Crippen LogP contribution is -2.74. The van der Waals surface area contributed by atoms with Gasteiger partial charge in [-0.2, -0.15) is 0 Å². The van der Waals surface area contributed by atoms with Gasteiger partial charge in [-0.25, -0.2) is 4.79 Å². The number of aliphatic hydroxyl groups is 1. The summed E-state index contributed by atoms with van der Waals surface area (Å²) < 4.78 is 16.9. The fourth-order valence-corrected chi connectivity index (χ4v) is 6.15. The quantitative estimate of drug-likeness (QED) is 0.512. The molecule has 0 radical (unpaired) electrons. The maximum atomic E-state index is 12.7. The van der Waals surface area contributed by atoms with E-state index in [1.54, 1.807) is 12.1 Å². The Kier molecular flexibility index (Phi) is 5.14. The monoisotopic (exact) mass is 473 g/mol. The maximum absolute atomic E-state index is 12.7. The number of hydrogen-bond donors (Lipinski definition) is 3. The number of carbonyl (C=O) groups is 3. The Balaban J connectivity index is 1.44. The molecular formula is C24H27NO9. The van der Waals surface area contributed by atoms with Crippen molar-refractivity contribution in [3.8, 4) is 11.5 Å². The topological polar surface area (TPSA) is 143 Å². The molecule has 1 spiro atoms. The molecule has 2 aliphatic carbocycles. The van der Waals surface area contributed by atoms with Crippen molar-refractivity contribution in [2.75, 3.05) is 13.6 Å². The van der Waals surface area contributed by atoms with Gasteiger partial charge in [0.05, 0.1) is 23.9 Å². The summed E-state index contributed by atoms with van der Waals surface area (Å²) in [6.07, 6.45) is 0.171. The van der Waals surface area contributed by atoms with Crippen molar-refractivity contribution < 1.29 is 43.9 Å². The molecule has 1 aromatic rings. The summed E-state index contributed by atoms with van der Waals surface area (Å²) in [4.78, 5) is 37.3. The molecular weight excluding hydrogens is 446 g/mol. The minimum atomic E-state index is -1.26. The first kappa shape index (κ1) is 22.7. The van der Waals surface area contributed by atoms with Crippen molar-refractivity contribution in [3.63, 3.8) is 0 Å². The van der Waals surface area contributed by atoms with Gasteiger partial charge in [-0.05, 0) is 51.1 Å². The second-order valence-electron chi connectivity index (χ2n) is 9.55. The third-order valence-corrected chi connectivity index (χ3v) is 7.75. The molecule has 0 amide bonds. The summed E-state index contributed by atoms with van der Waals surface area (Å²) in [6, 6.07) is 3.27. The summed E-state index contributed by atoms with van der Waals surface area (Å²) in [7, 11) is 1.98. The number of phenols is 1. The summed E-state index contributed by atoms with van der Waals surface area (Å²) in [5, 5.41) is 31.3. The number of ether oxygens (including phenoxy) is 3. The molecule has 2 bridgehead atoms. The van der Waals surface area contributed by atoms with Crippen LogP contribution in [0.5, 0.6) is 11.5 Å². The Morgan fingerprint density at radius 2 is 2.06 bits per heavy atom. The number of likely N-dealkylation sites (N-methyl/N-ethyl adjacent to an activating group) is 1. The van der Waals surface area contributed by atoms with Crippen molar-refractivity contribution >= 4 is 17.9 Å². The number of carbonyl (C=O) groups excluding carboxylic acids is 2. The molecule has 10 heteroatoms. The number of rotatable bonds is 6. The number of benzene rings is 1. The van der Waals surface area contributed by atoms with Crippen molar-refractivity contribution in [1.29, 1.82) is 0 Å². The van der Waals surface area contributed by atoms with Gasteiger partial charge >= 0.3 is 17.9 Å². The molecule has 4 aliphatic rings. The number of hydrogen-bond acceptors (Lipinski definition) is 9. The molecule has 2 heterocycles. The van der Waals surface area contributed by atoms with Crippen LogP contribution >= 0.6 is 0 Å². The molecule has 1 aromatic carbocycles. The molecule has 1 saturated heterocycles. The van der Waals surface area contributed by atoms with Crippen LogP contribution in [0.1, 0.15) is 43.7 Å². The van der Waals surface area contributed by atoms with E-state index in [9.17, 15) is 24.6 Å².